The number of hydrogen-bond acceptors (Lipinski definition) is 3. The van der Waals surface area contributed by atoms with Crippen LogP contribution < -0.4 is 10.2 Å². The van der Waals surface area contributed by atoms with Gasteiger partial charge in [-0.25, -0.2) is 0 Å². The molecule has 0 radical (unpaired) electrons. The van der Waals surface area contributed by atoms with Gasteiger partial charge in [-0.15, -0.1) is 0 Å². The van der Waals surface area contributed by atoms with Crippen LogP contribution in [0, 0.1) is 0 Å². The normalized spacial score (nSPS) is 21.5. The van der Waals surface area contributed by atoms with E-state index in [4.69, 9.17) is 0 Å². The van der Waals surface area contributed by atoms with Gasteiger partial charge in [0.2, 0.25) is 5.91 Å². The minimum atomic E-state index is -0.0869. The van der Waals surface area contributed by atoms with Crippen LogP contribution in [-0.4, -0.2) is 50.6 Å². The van der Waals surface area contributed by atoms with Crippen molar-refractivity contribution in [2.45, 2.75) is 12.5 Å². The third-order valence-corrected chi connectivity index (χ3v) is 4.04. The molecule has 0 aliphatic carbocycles. The number of likely N-dealkylation sites (N-methyl/N-ethyl adjacent to an activating group) is 2. The van der Waals surface area contributed by atoms with Crippen molar-refractivity contribution in [1.29, 1.82) is 0 Å². The van der Waals surface area contributed by atoms with Crippen LogP contribution in [0.25, 0.3) is 0 Å². The maximum Gasteiger partial charge on any atom is 0.245 e. The van der Waals surface area contributed by atoms with Gasteiger partial charge in [0.15, 0.2) is 0 Å². The van der Waals surface area contributed by atoms with Crippen LogP contribution in [0.5, 0.6) is 0 Å². The van der Waals surface area contributed by atoms with Gasteiger partial charge in [0.25, 0.3) is 0 Å². The zero-order chi connectivity index (χ0) is 13.8. The fourth-order valence-corrected chi connectivity index (χ4v) is 2.69. The van der Waals surface area contributed by atoms with Crippen molar-refractivity contribution in [2.24, 2.45) is 0 Å². The zero-order valence-electron chi connectivity index (χ0n) is 11.4. The predicted octanol–water partition coefficient (Wildman–Crippen LogP) is 1.71. The van der Waals surface area contributed by atoms with Crippen molar-refractivity contribution in [3.8, 4) is 0 Å². The van der Waals surface area contributed by atoms with E-state index in [0.717, 1.165) is 29.7 Å². The van der Waals surface area contributed by atoms with Crippen LogP contribution in [-0.2, 0) is 4.79 Å². The Morgan fingerprint density at radius 2 is 2.00 bits per heavy atom. The molecular formula is C14H20BrN3O. The molecule has 1 aliphatic heterocycles. The standard InChI is InChI=1S/C14H20BrN3O/c1-16-10-13-14(19)18(9-3-8-17(13)2)12-6-4-11(15)5-7-12/h4-7,13,16H,3,8-10H2,1-2H3. The van der Waals surface area contributed by atoms with Crippen LogP contribution in [0.1, 0.15) is 6.42 Å². The summed E-state index contributed by atoms with van der Waals surface area (Å²) in [4.78, 5) is 16.7. The number of anilines is 1. The quantitative estimate of drug-likeness (QED) is 0.918. The fraction of sp³-hybridized carbons (Fsp3) is 0.500. The molecule has 1 atom stereocenters. The van der Waals surface area contributed by atoms with Gasteiger partial charge in [-0.2, -0.15) is 0 Å². The smallest absolute Gasteiger partial charge is 0.245 e. The fourth-order valence-electron chi connectivity index (χ4n) is 2.43. The molecule has 1 aromatic rings. The number of nitrogens with zero attached hydrogens (tertiary/aromatic N) is 2. The molecule has 1 aromatic carbocycles. The number of benzene rings is 1. The number of rotatable bonds is 3. The monoisotopic (exact) mass is 325 g/mol. The second-order valence-electron chi connectivity index (χ2n) is 4.87. The van der Waals surface area contributed by atoms with Gasteiger partial charge < -0.3 is 10.2 Å². The Morgan fingerprint density at radius 1 is 1.32 bits per heavy atom. The Bertz CT molecular complexity index is 435. The second kappa shape index (κ2) is 6.50. The number of carbonyl (C=O) groups excluding carboxylic acids is 1. The highest BCUT2D eigenvalue weighted by Gasteiger charge is 2.30. The van der Waals surface area contributed by atoms with Gasteiger partial charge >= 0.3 is 0 Å². The van der Waals surface area contributed by atoms with Gasteiger partial charge in [-0.3, -0.25) is 9.69 Å². The van der Waals surface area contributed by atoms with Gasteiger partial charge in [0.05, 0.1) is 0 Å². The Hall–Kier alpha value is -0.910. The van der Waals surface area contributed by atoms with Crippen LogP contribution in [0.3, 0.4) is 0 Å². The Morgan fingerprint density at radius 3 is 2.63 bits per heavy atom. The topological polar surface area (TPSA) is 35.6 Å². The molecule has 0 bridgehead atoms. The summed E-state index contributed by atoms with van der Waals surface area (Å²) < 4.78 is 1.03. The number of hydrogen-bond donors (Lipinski definition) is 1. The summed E-state index contributed by atoms with van der Waals surface area (Å²) in [5.41, 5.74) is 0.976. The van der Waals surface area contributed by atoms with E-state index in [2.05, 4.69) is 26.1 Å². The molecule has 5 heteroatoms. The second-order valence-corrected chi connectivity index (χ2v) is 5.79. The van der Waals surface area contributed by atoms with E-state index in [1.165, 1.54) is 0 Å². The average molecular weight is 326 g/mol. The molecule has 4 nitrogen and oxygen atoms in total. The largest absolute Gasteiger partial charge is 0.318 e. The molecule has 1 saturated heterocycles. The highest BCUT2D eigenvalue weighted by molar-refractivity contribution is 9.10. The highest BCUT2D eigenvalue weighted by Crippen LogP contribution is 2.21. The van der Waals surface area contributed by atoms with E-state index in [9.17, 15) is 4.79 Å². The SMILES string of the molecule is CNCC1C(=O)N(c2ccc(Br)cc2)CCCN1C. The maximum absolute atomic E-state index is 12.7. The Balaban J connectivity index is 2.24. The molecule has 0 spiro atoms. The molecule has 104 valence electrons. The van der Waals surface area contributed by atoms with Crippen LogP contribution >= 0.6 is 15.9 Å². The van der Waals surface area contributed by atoms with Crippen molar-refractivity contribution >= 4 is 27.5 Å². The summed E-state index contributed by atoms with van der Waals surface area (Å²) in [7, 11) is 3.90. The summed E-state index contributed by atoms with van der Waals surface area (Å²) in [5.74, 6) is 0.177. The van der Waals surface area contributed by atoms with Crippen molar-refractivity contribution in [3.63, 3.8) is 0 Å². The van der Waals surface area contributed by atoms with Gasteiger partial charge in [-0.05, 0) is 44.8 Å². The van der Waals surface area contributed by atoms with E-state index in [1.54, 1.807) is 0 Å². The predicted molar refractivity (Wildman–Crippen MR) is 81.5 cm³/mol. The summed E-state index contributed by atoms with van der Waals surface area (Å²) in [6.07, 6.45) is 0.999. The highest BCUT2D eigenvalue weighted by atomic mass is 79.9. The third kappa shape index (κ3) is 3.35. The van der Waals surface area contributed by atoms with Crippen molar-refractivity contribution < 1.29 is 4.79 Å². The lowest BCUT2D eigenvalue weighted by molar-refractivity contribution is -0.122. The minimum Gasteiger partial charge on any atom is -0.318 e. The molecule has 1 amide bonds. The summed E-state index contributed by atoms with van der Waals surface area (Å²) in [5, 5.41) is 3.11. The average Bonchev–Trinajstić information content (AvgIpc) is 2.53. The summed E-state index contributed by atoms with van der Waals surface area (Å²) in [6.45, 7) is 2.42. The van der Waals surface area contributed by atoms with Gasteiger partial charge in [-0.1, -0.05) is 15.9 Å². The molecule has 0 saturated carbocycles. The molecule has 1 N–H and O–H groups in total. The number of carbonyl (C=O) groups is 1. The van der Waals surface area contributed by atoms with E-state index < -0.39 is 0 Å². The Labute approximate surface area is 122 Å². The first-order valence-corrected chi connectivity index (χ1v) is 7.34. The minimum absolute atomic E-state index is 0.0869. The van der Waals surface area contributed by atoms with Crippen molar-refractivity contribution in [3.05, 3.63) is 28.7 Å². The summed E-state index contributed by atoms with van der Waals surface area (Å²) >= 11 is 3.42. The molecule has 1 heterocycles. The van der Waals surface area contributed by atoms with Crippen LogP contribution in [0.15, 0.2) is 28.7 Å². The van der Waals surface area contributed by atoms with Gasteiger partial charge in [0.1, 0.15) is 6.04 Å². The Kier molecular flexibility index (Phi) is 4.96. The van der Waals surface area contributed by atoms with E-state index in [0.29, 0.717) is 6.54 Å². The maximum atomic E-state index is 12.7. The first kappa shape index (κ1) is 14.5. The van der Waals surface area contributed by atoms with Crippen molar-refractivity contribution in [1.82, 2.24) is 10.2 Å². The molecule has 1 unspecified atom stereocenters. The first-order valence-electron chi connectivity index (χ1n) is 6.55. The van der Waals surface area contributed by atoms with Gasteiger partial charge in [0, 0.05) is 29.8 Å². The van der Waals surface area contributed by atoms with E-state index in [1.807, 2.05) is 43.3 Å². The van der Waals surface area contributed by atoms with E-state index in [-0.39, 0.29) is 11.9 Å². The first-order chi connectivity index (χ1) is 9.13. The lowest BCUT2D eigenvalue weighted by Crippen LogP contribution is -2.49. The van der Waals surface area contributed by atoms with Crippen molar-refractivity contribution in [2.75, 3.05) is 38.6 Å². The lowest BCUT2D eigenvalue weighted by Gasteiger charge is -2.28. The molecule has 2 rings (SSSR count). The number of nitrogens with one attached hydrogen (secondary N) is 1. The van der Waals surface area contributed by atoms with E-state index >= 15 is 0 Å². The number of halogens is 1. The molecule has 19 heavy (non-hydrogen) atoms. The third-order valence-electron chi connectivity index (χ3n) is 3.51. The van der Waals surface area contributed by atoms with Crippen LogP contribution in [0.2, 0.25) is 0 Å². The lowest BCUT2D eigenvalue weighted by atomic mass is 10.2. The molecular weight excluding hydrogens is 306 g/mol. The summed E-state index contributed by atoms with van der Waals surface area (Å²) in [6, 6.07) is 7.85. The zero-order valence-corrected chi connectivity index (χ0v) is 13.0. The molecule has 1 fully saturated rings. The molecule has 1 aliphatic rings. The number of amides is 1. The van der Waals surface area contributed by atoms with Crippen LogP contribution in [0.4, 0.5) is 5.69 Å². The molecule has 0 aromatic heterocycles.